The van der Waals surface area contributed by atoms with Crippen LogP contribution in [0.1, 0.15) is 18.1 Å². The molecule has 1 spiro atoms. The zero-order chi connectivity index (χ0) is 17.6. The van der Waals surface area contributed by atoms with E-state index in [1.807, 2.05) is 6.92 Å². The number of hydrogen-bond donors (Lipinski definition) is 0. The number of amides is 1. The van der Waals surface area contributed by atoms with Crippen LogP contribution in [0.2, 0.25) is 0 Å². The molecule has 2 aliphatic heterocycles. The van der Waals surface area contributed by atoms with Gasteiger partial charge in [-0.3, -0.25) is 9.59 Å². The van der Waals surface area contributed by atoms with E-state index in [4.69, 9.17) is 4.74 Å². The lowest BCUT2D eigenvalue weighted by Gasteiger charge is -2.27. The number of fused-ring (bicyclic) bond motifs is 2. The molecule has 8 heteroatoms. The van der Waals surface area contributed by atoms with Gasteiger partial charge in [-0.25, -0.2) is 8.78 Å². The Bertz CT molecular complexity index is 737. The van der Waals surface area contributed by atoms with Gasteiger partial charge in [-0.2, -0.15) is 10.2 Å². The van der Waals surface area contributed by atoms with Crippen molar-refractivity contribution >= 4 is 17.6 Å². The van der Waals surface area contributed by atoms with E-state index in [0.717, 1.165) is 5.56 Å². The van der Waals surface area contributed by atoms with Gasteiger partial charge in [0.15, 0.2) is 0 Å². The molecule has 0 bridgehead atoms. The van der Waals surface area contributed by atoms with E-state index in [9.17, 15) is 18.4 Å². The third-order valence-corrected chi connectivity index (χ3v) is 4.49. The smallest absolute Gasteiger partial charge is 0.314 e. The van der Waals surface area contributed by atoms with E-state index in [-0.39, 0.29) is 6.61 Å². The van der Waals surface area contributed by atoms with Crippen LogP contribution < -0.4 is 4.90 Å². The lowest BCUT2D eigenvalue weighted by molar-refractivity contribution is -0.154. The van der Waals surface area contributed by atoms with Crippen LogP contribution in [0.3, 0.4) is 0 Å². The van der Waals surface area contributed by atoms with Crippen LogP contribution in [0.25, 0.3) is 0 Å². The van der Waals surface area contributed by atoms with Gasteiger partial charge in [0.2, 0.25) is 5.54 Å². The number of anilines is 1. The van der Waals surface area contributed by atoms with Crippen molar-refractivity contribution in [2.75, 3.05) is 18.6 Å². The molecule has 128 valence electrons. The third kappa shape index (κ3) is 2.05. The summed E-state index contributed by atoms with van der Waals surface area (Å²) in [5.74, 6) is -2.91. The van der Waals surface area contributed by atoms with Gasteiger partial charge in [0.1, 0.15) is 12.0 Å². The van der Waals surface area contributed by atoms with Crippen molar-refractivity contribution in [1.82, 2.24) is 0 Å². The van der Waals surface area contributed by atoms with E-state index < -0.39 is 35.8 Å². The van der Waals surface area contributed by atoms with Crippen LogP contribution in [0.5, 0.6) is 0 Å². The number of halogens is 2. The second-order valence-corrected chi connectivity index (χ2v) is 5.92. The number of nitrogens with zero attached hydrogens (tertiary/aromatic N) is 3. The van der Waals surface area contributed by atoms with Gasteiger partial charge in [0.25, 0.3) is 12.3 Å². The summed E-state index contributed by atoms with van der Waals surface area (Å²) >= 11 is 0. The monoisotopic (exact) mass is 337 g/mol. The molecule has 24 heavy (non-hydrogen) atoms. The number of carbonyl (C=O) groups is 2. The molecule has 6 nitrogen and oxygen atoms in total. The second kappa shape index (κ2) is 5.61. The van der Waals surface area contributed by atoms with Crippen LogP contribution in [-0.4, -0.2) is 38.0 Å². The lowest BCUT2D eigenvalue weighted by Crippen LogP contribution is -2.49. The first-order valence-electron chi connectivity index (χ1n) is 7.60. The van der Waals surface area contributed by atoms with Crippen molar-refractivity contribution in [2.24, 2.45) is 16.1 Å². The molecule has 0 aromatic heterocycles. The summed E-state index contributed by atoms with van der Waals surface area (Å²) in [5, 5.41) is 7.52. The minimum Gasteiger partial charge on any atom is -0.466 e. The van der Waals surface area contributed by atoms with Crippen molar-refractivity contribution in [3.8, 4) is 0 Å². The van der Waals surface area contributed by atoms with Gasteiger partial charge in [-0.1, -0.05) is 17.7 Å². The molecule has 1 aromatic carbocycles. The van der Waals surface area contributed by atoms with E-state index in [2.05, 4.69) is 10.2 Å². The second-order valence-electron chi connectivity index (χ2n) is 5.92. The molecule has 2 aliphatic rings. The average Bonchev–Trinajstić information content (AvgIpc) is 3.02. The first-order valence-corrected chi connectivity index (χ1v) is 7.60. The molecule has 0 saturated carbocycles. The molecule has 2 heterocycles. The highest BCUT2D eigenvalue weighted by Crippen LogP contribution is 2.53. The molecule has 0 fully saturated rings. The number of azo groups is 1. The summed E-state index contributed by atoms with van der Waals surface area (Å²) in [6.07, 6.45) is -2.92. The number of aryl methyl sites for hydroxylation is 1. The highest BCUT2D eigenvalue weighted by molar-refractivity contribution is 6.10. The maximum absolute atomic E-state index is 13.4. The minimum atomic E-state index is -2.92. The molecule has 0 aliphatic carbocycles. The normalized spacial score (nSPS) is 28.1. The summed E-state index contributed by atoms with van der Waals surface area (Å²) in [5.41, 5.74) is 0.00643. The van der Waals surface area contributed by atoms with Gasteiger partial charge in [0.05, 0.1) is 6.61 Å². The number of alkyl halides is 2. The van der Waals surface area contributed by atoms with E-state index >= 15 is 0 Å². The van der Waals surface area contributed by atoms with Crippen molar-refractivity contribution in [3.63, 3.8) is 0 Å². The Balaban J connectivity index is 2.21. The molecule has 3 atom stereocenters. The van der Waals surface area contributed by atoms with Crippen molar-refractivity contribution in [1.29, 1.82) is 0 Å². The first-order chi connectivity index (χ1) is 11.3. The van der Waals surface area contributed by atoms with Crippen LogP contribution in [0.4, 0.5) is 14.5 Å². The van der Waals surface area contributed by atoms with Crippen molar-refractivity contribution in [2.45, 2.75) is 31.9 Å². The van der Waals surface area contributed by atoms with E-state index in [1.165, 1.54) is 11.9 Å². The van der Waals surface area contributed by atoms with Crippen molar-refractivity contribution < 1.29 is 23.1 Å². The SMILES string of the molecule is CCOC(=O)C1C(C(F)F)N=NC12C(=O)N(C)c1ccc(C)cc12. The zero-order valence-corrected chi connectivity index (χ0v) is 13.5. The quantitative estimate of drug-likeness (QED) is 0.796. The average molecular weight is 337 g/mol. The Morgan fingerprint density at radius 1 is 1.46 bits per heavy atom. The van der Waals surface area contributed by atoms with Gasteiger partial charge >= 0.3 is 5.97 Å². The van der Waals surface area contributed by atoms with Crippen LogP contribution in [0.15, 0.2) is 28.4 Å². The maximum Gasteiger partial charge on any atom is 0.314 e. The predicted octanol–water partition coefficient (Wildman–Crippen LogP) is 2.45. The van der Waals surface area contributed by atoms with Crippen LogP contribution in [0, 0.1) is 12.8 Å². The summed E-state index contributed by atoms with van der Waals surface area (Å²) in [6.45, 7) is 3.41. The summed E-state index contributed by atoms with van der Waals surface area (Å²) in [7, 11) is 1.53. The Kier molecular flexibility index (Phi) is 3.85. The fourth-order valence-electron chi connectivity index (χ4n) is 3.40. The Morgan fingerprint density at radius 3 is 2.79 bits per heavy atom. The Labute approximate surface area is 137 Å². The minimum absolute atomic E-state index is 0.0199. The number of ether oxygens (including phenoxy) is 1. The van der Waals surface area contributed by atoms with E-state index in [0.29, 0.717) is 11.3 Å². The first kappa shape index (κ1) is 16.5. The standard InChI is InChI=1S/C16H17F2N3O3/c1-4-24-14(22)11-12(13(17)18)19-20-16(11)9-7-8(2)5-6-10(9)21(3)15(16)23/h5-7,11-13H,4H2,1-3H3. The number of esters is 1. The van der Waals surface area contributed by atoms with Crippen LogP contribution in [-0.2, 0) is 19.9 Å². The predicted molar refractivity (Wildman–Crippen MR) is 81.0 cm³/mol. The van der Waals surface area contributed by atoms with Gasteiger partial charge in [-0.15, -0.1) is 0 Å². The fraction of sp³-hybridized carbons (Fsp3) is 0.500. The number of hydrogen-bond acceptors (Lipinski definition) is 5. The number of carbonyl (C=O) groups excluding carboxylic acids is 2. The van der Waals surface area contributed by atoms with Crippen LogP contribution >= 0.6 is 0 Å². The topological polar surface area (TPSA) is 71.3 Å². The molecule has 0 saturated heterocycles. The Morgan fingerprint density at radius 2 is 2.17 bits per heavy atom. The summed E-state index contributed by atoms with van der Waals surface area (Å²) in [4.78, 5) is 26.7. The van der Waals surface area contributed by atoms with Gasteiger partial charge < -0.3 is 9.64 Å². The highest BCUT2D eigenvalue weighted by atomic mass is 19.3. The molecule has 3 unspecified atom stereocenters. The van der Waals surface area contributed by atoms with Crippen molar-refractivity contribution in [3.05, 3.63) is 29.3 Å². The molecular formula is C16H17F2N3O3. The fourth-order valence-corrected chi connectivity index (χ4v) is 3.40. The van der Waals surface area contributed by atoms with Gasteiger partial charge in [0, 0.05) is 18.3 Å². The summed E-state index contributed by atoms with van der Waals surface area (Å²) < 4.78 is 31.8. The maximum atomic E-state index is 13.4. The molecule has 3 rings (SSSR count). The van der Waals surface area contributed by atoms with Gasteiger partial charge in [-0.05, 0) is 19.9 Å². The number of likely N-dealkylation sites (N-methyl/N-ethyl adjacent to an activating group) is 1. The molecule has 1 aromatic rings. The Hall–Kier alpha value is -2.38. The molecule has 0 N–H and O–H groups in total. The zero-order valence-electron chi connectivity index (χ0n) is 13.5. The molecular weight excluding hydrogens is 320 g/mol. The molecule has 1 amide bonds. The number of benzene rings is 1. The molecule has 0 radical (unpaired) electrons. The highest BCUT2D eigenvalue weighted by Gasteiger charge is 2.65. The largest absolute Gasteiger partial charge is 0.466 e. The third-order valence-electron chi connectivity index (χ3n) is 4.49. The summed E-state index contributed by atoms with van der Waals surface area (Å²) in [6, 6.07) is 3.51. The van der Waals surface area contributed by atoms with E-state index in [1.54, 1.807) is 25.1 Å². The number of rotatable bonds is 3. The lowest BCUT2D eigenvalue weighted by atomic mass is 9.76.